The third kappa shape index (κ3) is 3.83. The van der Waals surface area contributed by atoms with Crippen molar-refractivity contribution in [3.63, 3.8) is 0 Å². The van der Waals surface area contributed by atoms with E-state index in [9.17, 15) is 14.9 Å². The molecule has 132 valence electrons. The molecule has 1 aromatic carbocycles. The van der Waals surface area contributed by atoms with Gasteiger partial charge >= 0.3 is 0 Å². The van der Waals surface area contributed by atoms with Crippen LogP contribution in [0.2, 0.25) is 5.02 Å². The summed E-state index contributed by atoms with van der Waals surface area (Å²) in [7, 11) is 1.99. The van der Waals surface area contributed by atoms with Gasteiger partial charge in [0.2, 0.25) is 5.91 Å². The zero-order valence-electron chi connectivity index (χ0n) is 13.8. The van der Waals surface area contributed by atoms with Gasteiger partial charge in [-0.15, -0.1) is 0 Å². The highest BCUT2D eigenvalue weighted by atomic mass is 35.5. The summed E-state index contributed by atoms with van der Waals surface area (Å²) in [4.78, 5) is 25.1. The number of aryl methyl sites for hydroxylation is 1. The van der Waals surface area contributed by atoms with Gasteiger partial charge in [-0.3, -0.25) is 19.8 Å². The molecule has 1 aromatic heterocycles. The van der Waals surface area contributed by atoms with E-state index in [0.717, 1.165) is 19.4 Å². The number of anilines is 1. The number of carbonyl (C=O) groups is 1. The van der Waals surface area contributed by atoms with Crippen molar-refractivity contribution in [1.29, 1.82) is 0 Å². The smallest absolute Gasteiger partial charge is 0.292 e. The Kier molecular flexibility index (Phi) is 5.06. The lowest BCUT2D eigenvalue weighted by Crippen LogP contribution is -2.33. The van der Waals surface area contributed by atoms with Crippen LogP contribution < -0.4 is 5.32 Å². The second-order valence-corrected chi connectivity index (χ2v) is 6.58. The van der Waals surface area contributed by atoms with E-state index in [1.807, 2.05) is 19.3 Å². The maximum absolute atomic E-state index is 12.4. The fourth-order valence-electron chi connectivity index (χ4n) is 3.31. The van der Waals surface area contributed by atoms with Crippen molar-refractivity contribution in [2.75, 3.05) is 18.4 Å². The highest BCUT2D eigenvalue weighted by molar-refractivity contribution is 6.31. The van der Waals surface area contributed by atoms with Gasteiger partial charge in [0, 0.05) is 30.0 Å². The Labute approximate surface area is 150 Å². The van der Waals surface area contributed by atoms with Gasteiger partial charge in [0.05, 0.1) is 17.5 Å². The maximum atomic E-state index is 12.4. The Bertz CT molecular complexity index is 805. The number of halogens is 1. The van der Waals surface area contributed by atoms with Crippen molar-refractivity contribution < 1.29 is 9.72 Å². The van der Waals surface area contributed by atoms with E-state index in [2.05, 4.69) is 20.9 Å². The number of hydrogen-bond donors (Lipinski definition) is 1. The van der Waals surface area contributed by atoms with Crippen LogP contribution in [0.25, 0.3) is 0 Å². The average Bonchev–Trinajstić information content (AvgIpc) is 3.15. The predicted octanol–water partition coefficient (Wildman–Crippen LogP) is 3.36. The van der Waals surface area contributed by atoms with E-state index in [1.165, 1.54) is 23.9 Å². The zero-order valence-corrected chi connectivity index (χ0v) is 14.6. The minimum absolute atomic E-state index is 0.122. The van der Waals surface area contributed by atoms with Crippen LogP contribution in [0.3, 0.4) is 0 Å². The van der Waals surface area contributed by atoms with E-state index in [1.54, 1.807) is 0 Å². The lowest BCUT2D eigenvalue weighted by molar-refractivity contribution is -0.383. The number of nitrogens with one attached hydrogen (secondary N) is 1. The molecule has 0 aliphatic carbocycles. The number of hydrogen-bond acceptors (Lipinski definition) is 4. The van der Waals surface area contributed by atoms with Crippen molar-refractivity contribution in [3.8, 4) is 0 Å². The molecule has 1 saturated heterocycles. The first kappa shape index (κ1) is 17.4. The molecule has 7 nitrogen and oxygen atoms in total. The standard InChI is InChI=1S/C17H19ClN4O3/c1-20-8-2-4-15(20)16-5-3-9-21(16)11-17(23)19-13-10-12(18)6-7-14(13)22(24)25/h2,4,6-8,10,16H,3,5,9,11H2,1H3,(H,19,23)/t16-/m1/s1. The molecule has 2 aromatic rings. The maximum Gasteiger partial charge on any atom is 0.292 e. The van der Waals surface area contributed by atoms with E-state index in [-0.39, 0.29) is 29.9 Å². The summed E-state index contributed by atoms with van der Waals surface area (Å²) < 4.78 is 2.06. The third-order valence-corrected chi connectivity index (χ3v) is 4.70. The number of carbonyl (C=O) groups excluding carboxylic acids is 1. The molecule has 8 heteroatoms. The summed E-state index contributed by atoms with van der Waals surface area (Å²) >= 11 is 5.90. The van der Waals surface area contributed by atoms with Gasteiger partial charge in [0.15, 0.2) is 0 Å². The van der Waals surface area contributed by atoms with E-state index in [4.69, 9.17) is 11.6 Å². The SMILES string of the molecule is Cn1cccc1[C@H]1CCCN1CC(=O)Nc1cc(Cl)ccc1[N+](=O)[O-]. The topological polar surface area (TPSA) is 80.4 Å². The van der Waals surface area contributed by atoms with Crippen molar-refractivity contribution in [3.05, 3.63) is 57.4 Å². The van der Waals surface area contributed by atoms with Crippen LogP contribution in [-0.2, 0) is 11.8 Å². The molecule has 0 bridgehead atoms. The molecule has 25 heavy (non-hydrogen) atoms. The number of likely N-dealkylation sites (tertiary alicyclic amines) is 1. The highest BCUT2D eigenvalue weighted by Gasteiger charge is 2.29. The number of nitrogens with zero attached hydrogens (tertiary/aromatic N) is 3. The third-order valence-electron chi connectivity index (χ3n) is 4.47. The van der Waals surface area contributed by atoms with Gasteiger partial charge in [0.25, 0.3) is 5.69 Å². The number of amides is 1. The number of nitro benzene ring substituents is 1. The van der Waals surface area contributed by atoms with Gasteiger partial charge in [-0.1, -0.05) is 11.6 Å². The first-order valence-electron chi connectivity index (χ1n) is 8.05. The first-order valence-corrected chi connectivity index (χ1v) is 8.42. The lowest BCUT2D eigenvalue weighted by atomic mass is 10.1. The molecule has 2 heterocycles. The van der Waals surface area contributed by atoms with Gasteiger partial charge in [0.1, 0.15) is 5.69 Å². The minimum atomic E-state index is -0.533. The fourth-order valence-corrected chi connectivity index (χ4v) is 3.48. The van der Waals surface area contributed by atoms with Crippen LogP contribution in [0.1, 0.15) is 24.6 Å². The monoisotopic (exact) mass is 362 g/mol. The van der Waals surface area contributed by atoms with Crippen LogP contribution in [0.5, 0.6) is 0 Å². The summed E-state index contributed by atoms with van der Waals surface area (Å²) in [6, 6.07) is 8.35. The van der Waals surface area contributed by atoms with E-state index >= 15 is 0 Å². The molecule has 1 atom stereocenters. The van der Waals surface area contributed by atoms with Crippen molar-refractivity contribution in [2.45, 2.75) is 18.9 Å². The highest BCUT2D eigenvalue weighted by Crippen LogP contribution is 2.32. The summed E-state index contributed by atoms with van der Waals surface area (Å²) in [6.45, 7) is 1.00. The average molecular weight is 363 g/mol. The quantitative estimate of drug-likeness (QED) is 0.653. The molecule has 3 rings (SSSR count). The van der Waals surface area contributed by atoms with Gasteiger partial charge < -0.3 is 9.88 Å². The molecule has 1 aliphatic rings. The first-order chi connectivity index (χ1) is 12.0. The Balaban J connectivity index is 1.72. The van der Waals surface area contributed by atoms with Crippen molar-refractivity contribution in [2.24, 2.45) is 7.05 Å². The van der Waals surface area contributed by atoms with Crippen LogP contribution in [-0.4, -0.2) is 33.4 Å². The number of rotatable bonds is 5. The summed E-state index contributed by atoms with van der Waals surface area (Å²) in [5.41, 5.74) is 1.12. The largest absolute Gasteiger partial charge is 0.353 e. The van der Waals surface area contributed by atoms with Gasteiger partial charge in [-0.2, -0.15) is 0 Å². The molecule has 0 spiro atoms. The Morgan fingerprint density at radius 3 is 2.92 bits per heavy atom. The van der Waals surface area contributed by atoms with Crippen LogP contribution >= 0.6 is 11.6 Å². The molecule has 1 aliphatic heterocycles. The van der Waals surface area contributed by atoms with Crippen molar-refractivity contribution >= 4 is 28.9 Å². The Morgan fingerprint density at radius 2 is 2.24 bits per heavy atom. The van der Waals surface area contributed by atoms with Crippen LogP contribution in [0.15, 0.2) is 36.5 Å². The molecule has 0 saturated carbocycles. The molecule has 1 N–H and O–H groups in total. The fraction of sp³-hybridized carbons (Fsp3) is 0.353. The predicted molar refractivity (Wildman–Crippen MR) is 95.7 cm³/mol. The summed E-state index contributed by atoms with van der Waals surface area (Å²) in [5, 5.41) is 14.1. The molecular weight excluding hydrogens is 344 g/mol. The second kappa shape index (κ2) is 7.25. The Morgan fingerprint density at radius 1 is 1.44 bits per heavy atom. The lowest BCUT2D eigenvalue weighted by Gasteiger charge is -2.24. The normalized spacial score (nSPS) is 17.6. The van der Waals surface area contributed by atoms with E-state index in [0.29, 0.717) is 5.02 Å². The number of nitro groups is 1. The molecular formula is C17H19ClN4O3. The number of benzene rings is 1. The van der Waals surface area contributed by atoms with E-state index < -0.39 is 4.92 Å². The zero-order chi connectivity index (χ0) is 18.0. The van der Waals surface area contributed by atoms with Gasteiger partial charge in [-0.25, -0.2) is 0 Å². The summed E-state index contributed by atoms with van der Waals surface area (Å²) in [6.07, 6.45) is 3.99. The molecule has 1 amide bonds. The Hall–Kier alpha value is -2.38. The van der Waals surface area contributed by atoms with Crippen LogP contribution in [0.4, 0.5) is 11.4 Å². The van der Waals surface area contributed by atoms with Gasteiger partial charge in [-0.05, 0) is 43.7 Å². The molecule has 1 fully saturated rings. The number of aromatic nitrogens is 1. The van der Waals surface area contributed by atoms with Crippen molar-refractivity contribution in [1.82, 2.24) is 9.47 Å². The summed E-state index contributed by atoms with van der Waals surface area (Å²) in [5.74, 6) is -0.286. The minimum Gasteiger partial charge on any atom is -0.353 e. The molecule has 0 unspecified atom stereocenters. The second-order valence-electron chi connectivity index (χ2n) is 6.14. The molecule has 0 radical (unpaired) electrons. The van der Waals surface area contributed by atoms with Crippen LogP contribution in [0, 0.1) is 10.1 Å².